The van der Waals surface area contributed by atoms with E-state index < -0.39 is 0 Å². The van der Waals surface area contributed by atoms with Crippen molar-refractivity contribution in [2.75, 3.05) is 0 Å². The van der Waals surface area contributed by atoms with Gasteiger partial charge in [0.25, 0.3) is 0 Å². The fourth-order valence-corrected chi connectivity index (χ4v) is 3.64. The molecule has 0 aliphatic heterocycles. The molecule has 2 heteroatoms. The zero-order valence-electron chi connectivity index (χ0n) is 14.2. The summed E-state index contributed by atoms with van der Waals surface area (Å²) in [4.78, 5) is 0. The molecule has 0 saturated heterocycles. The summed E-state index contributed by atoms with van der Waals surface area (Å²) >= 11 is 0. The Labute approximate surface area is 130 Å². The fraction of sp³-hybridized carbons (Fsp3) is 0.684. The molecule has 1 aliphatic carbocycles. The van der Waals surface area contributed by atoms with Crippen LogP contribution in [0.15, 0.2) is 24.3 Å². The van der Waals surface area contributed by atoms with Crippen LogP contribution in [-0.2, 0) is 0 Å². The highest BCUT2D eigenvalue weighted by Crippen LogP contribution is 2.30. The Hall–Kier alpha value is -1.02. The van der Waals surface area contributed by atoms with Gasteiger partial charge in [-0.1, -0.05) is 26.0 Å². The van der Waals surface area contributed by atoms with Crippen molar-refractivity contribution in [2.24, 2.45) is 11.8 Å². The summed E-state index contributed by atoms with van der Waals surface area (Å²) in [5.41, 5.74) is 1.34. The van der Waals surface area contributed by atoms with Crippen molar-refractivity contribution in [1.82, 2.24) is 5.32 Å². The predicted molar refractivity (Wildman–Crippen MR) is 89.7 cm³/mol. The molecule has 21 heavy (non-hydrogen) atoms. The minimum Gasteiger partial charge on any atom is -0.491 e. The second-order valence-corrected chi connectivity index (χ2v) is 7.24. The van der Waals surface area contributed by atoms with Crippen molar-refractivity contribution in [3.05, 3.63) is 29.8 Å². The van der Waals surface area contributed by atoms with Gasteiger partial charge in [-0.3, -0.25) is 0 Å². The first-order chi connectivity index (χ1) is 9.94. The molecule has 1 aromatic rings. The zero-order valence-corrected chi connectivity index (χ0v) is 14.2. The van der Waals surface area contributed by atoms with Crippen LogP contribution in [0.2, 0.25) is 0 Å². The molecule has 1 N–H and O–H groups in total. The van der Waals surface area contributed by atoms with Crippen molar-refractivity contribution < 1.29 is 4.74 Å². The molecule has 2 rings (SSSR count). The second-order valence-electron chi connectivity index (χ2n) is 7.24. The normalized spacial score (nSPS) is 27.6. The molecule has 1 fully saturated rings. The van der Waals surface area contributed by atoms with Gasteiger partial charge in [-0.2, -0.15) is 0 Å². The minimum absolute atomic E-state index is 0.233. The van der Waals surface area contributed by atoms with Crippen LogP contribution in [0.5, 0.6) is 5.75 Å². The van der Waals surface area contributed by atoms with Crippen molar-refractivity contribution in [1.29, 1.82) is 0 Å². The van der Waals surface area contributed by atoms with E-state index in [9.17, 15) is 0 Å². The van der Waals surface area contributed by atoms with E-state index in [1.807, 2.05) is 0 Å². The molecule has 118 valence electrons. The molecule has 0 bridgehead atoms. The maximum absolute atomic E-state index is 5.71. The molecular weight excluding hydrogens is 258 g/mol. The Kier molecular flexibility index (Phi) is 5.69. The maximum Gasteiger partial charge on any atom is 0.119 e. The van der Waals surface area contributed by atoms with E-state index in [2.05, 4.69) is 64.2 Å². The first kappa shape index (κ1) is 16.4. The van der Waals surface area contributed by atoms with Crippen molar-refractivity contribution in [3.63, 3.8) is 0 Å². The molecule has 0 aromatic heterocycles. The fourth-order valence-electron chi connectivity index (χ4n) is 3.64. The molecule has 0 spiro atoms. The number of benzene rings is 1. The molecule has 0 amide bonds. The van der Waals surface area contributed by atoms with Crippen LogP contribution in [0.25, 0.3) is 0 Å². The smallest absolute Gasteiger partial charge is 0.119 e. The lowest BCUT2D eigenvalue weighted by Gasteiger charge is -2.34. The molecule has 1 aliphatic rings. The van der Waals surface area contributed by atoms with Gasteiger partial charge < -0.3 is 10.1 Å². The van der Waals surface area contributed by atoms with E-state index in [0.717, 1.165) is 17.6 Å². The minimum atomic E-state index is 0.233. The van der Waals surface area contributed by atoms with Gasteiger partial charge in [-0.15, -0.1) is 0 Å². The van der Waals surface area contributed by atoms with Gasteiger partial charge in [0.1, 0.15) is 5.75 Å². The van der Waals surface area contributed by atoms with Gasteiger partial charge in [0.05, 0.1) is 6.10 Å². The standard InChI is InChI=1S/C19H31NO/c1-13(2)21-19-8-6-17(7-9-19)16(5)20-18-11-14(3)10-15(4)12-18/h6-9,13-16,18,20H,10-12H2,1-5H3. The SMILES string of the molecule is CC1CC(C)CC(NC(C)c2ccc(OC(C)C)cc2)C1. The topological polar surface area (TPSA) is 21.3 Å². The summed E-state index contributed by atoms with van der Waals surface area (Å²) in [7, 11) is 0. The first-order valence-electron chi connectivity index (χ1n) is 8.46. The molecule has 2 nitrogen and oxygen atoms in total. The Bertz CT molecular complexity index is 416. The van der Waals surface area contributed by atoms with E-state index in [1.54, 1.807) is 0 Å². The predicted octanol–water partition coefficient (Wildman–Crippen LogP) is 4.95. The van der Waals surface area contributed by atoms with Gasteiger partial charge in [0.15, 0.2) is 0 Å². The molecule has 3 atom stereocenters. The third-order valence-corrected chi connectivity index (χ3v) is 4.42. The third-order valence-electron chi connectivity index (χ3n) is 4.42. The maximum atomic E-state index is 5.71. The Morgan fingerprint density at radius 1 is 0.952 bits per heavy atom. The average Bonchev–Trinajstić information content (AvgIpc) is 2.37. The monoisotopic (exact) mass is 289 g/mol. The molecule has 3 unspecified atom stereocenters. The molecule has 0 radical (unpaired) electrons. The van der Waals surface area contributed by atoms with Crippen LogP contribution >= 0.6 is 0 Å². The number of rotatable bonds is 5. The van der Waals surface area contributed by atoms with Crippen LogP contribution in [0.4, 0.5) is 0 Å². The Balaban J connectivity index is 1.92. The van der Waals surface area contributed by atoms with Gasteiger partial charge >= 0.3 is 0 Å². The number of nitrogens with one attached hydrogen (secondary N) is 1. The number of hydrogen-bond donors (Lipinski definition) is 1. The van der Waals surface area contributed by atoms with Crippen molar-refractivity contribution in [2.45, 2.75) is 72.1 Å². The Morgan fingerprint density at radius 3 is 2.05 bits per heavy atom. The first-order valence-corrected chi connectivity index (χ1v) is 8.46. The van der Waals surface area contributed by atoms with Crippen LogP contribution < -0.4 is 10.1 Å². The lowest BCUT2D eigenvalue weighted by atomic mass is 9.80. The molecule has 1 aromatic carbocycles. The average molecular weight is 289 g/mol. The van der Waals surface area contributed by atoms with E-state index in [4.69, 9.17) is 4.74 Å². The molecule has 0 heterocycles. The second kappa shape index (κ2) is 7.31. The van der Waals surface area contributed by atoms with E-state index >= 15 is 0 Å². The lowest BCUT2D eigenvalue weighted by molar-refractivity contribution is 0.228. The largest absolute Gasteiger partial charge is 0.491 e. The quantitative estimate of drug-likeness (QED) is 0.828. The highest BCUT2D eigenvalue weighted by atomic mass is 16.5. The van der Waals surface area contributed by atoms with Crippen LogP contribution in [0.1, 0.15) is 65.5 Å². The Morgan fingerprint density at radius 2 is 1.52 bits per heavy atom. The van der Waals surface area contributed by atoms with E-state index in [-0.39, 0.29) is 6.10 Å². The highest BCUT2D eigenvalue weighted by Gasteiger charge is 2.24. The van der Waals surface area contributed by atoms with E-state index in [0.29, 0.717) is 12.1 Å². The van der Waals surface area contributed by atoms with Crippen molar-refractivity contribution >= 4 is 0 Å². The van der Waals surface area contributed by atoms with Crippen LogP contribution in [0, 0.1) is 11.8 Å². The molecule has 1 saturated carbocycles. The van der Waals surface area contributed by atoms with Gasteiger partial charge in [0, 0.05) is 12.1 Å². The summed E-state index contributed by atoms with van der Waals surface area (Å²) < 4.78 is 5.71. The van der Waals surface area contributed by atoms with Gasteiger partial charge in [-0.05, 0) is 69.6 Å². The number of ether oxygens (including phenoxy) is 1. The van der Waals surface area contributed by atoms with Gasteiger partial charge in [0.2, 0.25) is 0 Å². The summed E-state index contributed by atoms with van der Waals surface area (Å²) in [6, 6.07) is 9.60. The van der Waals surface area contributed by atoms with Gasteiger partial charge in [-0.25, -0.2) is 0 Å². The van der Waals surface area contributed by atoms with E-state index in [1.165, 1.54) is 24.8 Å². The third kappa shape index (κ3) is 5.03. The summed E-state index contributed by atoms with van der Waals surface area (Å²) in [6.45, 7) is 11.1. The molecular formula is C19H31NO. The summed E-state index contributed by atoms with van der Waals surface area (Å²) in [5.74, 6) is 2.65. The summed E-state index contributed by atoms with van der Waals surface area (Å²) in [5, 5.41) is 3.82. The zero-order chi connectivity index (χ0) is 15.4. The van der Waals surface area contributed by atoms with Crippen LogP contribution in [-0.4, -0.2) is 12.1 Å². The lowest BCUT2D eigenvalue weighted by Crippen LogP contribution is -2.37. The highest BCUT2D eigenvalue weighted by molar-refractivity contribution is 5.29. The van der Waals surface area contributed by atoms with Crippen LogP contribution in [0.3, 0.4) is 0 Å². The van der Waals surface area contributed by atoms with Crippen molar-refractivity contribution in [3.8, 4) is 5.75 Å². The number of hydrogen-bond acceptors (Lipinski definition) is 2. The summed E-state index contributed by atoms with van der Waals surface area (Å²) in [6.07, 6.45) is 4.23.